The topological polar surface area (TPSA) is 96.0 Å². The van der Waals surface area contributed by atoms with Crippen LogP contribution >= 0.6 is 0 Å². The normalized spacial score (nSPS) is 23.2. The summed E-state index contributed by atoms with van der Waals surface area (Å²) in [7, 11) is -3.54. The van der Waals surface area contributed by atoms with E-state index in [1.807, 2.05) is 6.92 Å². The molecule has 2 aliphatic heterocycles. The first-order valence-electron chi connectivity index (χ1n) is 11.2. The van der Waals surface area contributed by atoms with Crippen LogP contribution in [0, 0.1) is 11.8 Å². The van der Waals surface area contributed by atoms with Gasteiger partial charge in [0.1, 0.15) is 5.75 Å². The molecule has 9 heteroatoms. The van der Waals surface area contributed by atoms with Gasteiger partial charge in [-0.15, -0.1) is 0 Å². The van der Waals surface area contributed by atoms with Gasteiger partial charge < -0.3 is 15.0 Å². The van der Waals surface area contributed by atoms with Crippen LogP contribution in [-0.2, 0) is 19.6 Å². The van der Waals surface area contributed by atoms with Gasteiger partial charge in [0.15, 0.2) is 0 Å². The lowest BCUT2D eigenvalue weighted by Crippen LogP contribution is -2.42. The molecule has 4 rings (SSSR count). The minimum atomic E-state index is -3.54. The number of ether oxygens (including phenoxy) is 1. The van der Waals surface area contributed by atoms with Crippen molar-refractivity contribution in [3.05, 3.63) is 24.3 Å². The van der Waals surface area contributed by atoms with Gasteiger partial charge in [-0.1, -0.05) is 0 Å². The molecule has 2 saturated heterocycles. The summed E-state index contributed by atoms with van der Waals surface area (Å²) >= 11 is 0. The van der Waals surface area contributed by atoms with Gasteiger partial charge in [-0.25, -0.2) is 8.42 Å². The summed E-state index contributed by atoms with van der Waals surface area (Å²) in [4.78, 5) is 26.7. The second-order valence-corrected chi connectivity index (χ2v) is 10.7. The third-order valence-electron chi connectivity index (χ3n) is 6.33. The minimum Gasteiger partial charge on any atom is -0.494 e. The fourth-order valence-electron chi connectivity index (χ4n) is 4.34. The zero-order valence-corrected chi connectivity index (χ0v) is 18.8. The summed E-state index contributed by atoms with van der Waals surface area (Å²) in [5, 5.41) is 2.99. The lowest BCUT2D eigenvalue weighted by Gasteiger charge is -2.33. The van der Waals surface area contributed by atoms with Gasteiger partial charge >= 0.3 is 0 Å². The van der Waals surface area contributed by atoms with E-state index in [1.165, 1.54) is 4.31 Å². The second-order valence-electron chi connectivity index (χ2n) is 8.73. The quantitative estimate of drug-likeness (QED) is 0.651. The molecule has 1 unspecified atom stereocenters. The van der Waals surface area contributed by atoms with Crippen molar-refractivity contribution in [2.24, 2.45) is 11.8 Å². The number of nitrogens with one attached hydrogen (secondary N) is 1. The minimum absolute atomic E-state index is 0.00498. The fourth-order valence-corrected chi connectivity index (χ4v) is 5.81. The molecule has 2 amide bonds. The van der Waals surface area contributed by atoms with Crippen LogP contribution < -0.4 is 10.1 Å². The van der Waals surface area contributed by atoms with Crippen molar-refractivity contribution < 1.29 is 22.7 Å². The van der Waals surface area contributed by atoms with Crippen LogP contribution in [0.15, 0.2) is 29.2 Å². The van der Waals surface area contributed by atoms with E-state index in [-0.39, 0.29) is 35.0 Å². The highest BCUT2D eigenvalue weighted by atomic mass is 32.2. The number of amides is 2. The lowest BCUT2D eigenvalue weighted by atomic mass is 9.97. The first-order chi connectivity index (χ1) is 14.9. The molecule has 31 heavy (non-hydrogen) atoms. The molecular weight excluding hydrogens is 418 g/mol. The Hall–Kier alpha value is -2.13. The maximum Gasteiger partial charge on any atom is 0.243 e. The monoisotopic (exact) mass is 449 g/mol. The van der Waals surface area contributed by atoms with E-state index >= 15 is 0 Å². The summed E-state index contributed by atoms with van der Waals surface area (Å²) in [5.74, 6) is 0.670. The average Bonchev–Trinajstić information content (AvgIpc) is 3.50. The number of benzene rings is 1. The molecule has 3 fully saturated rings. The average molecular weight is 450 g/mol. The highest BCUT2D eigenvalue weighted by molar-refractivity contribution is 7.89. The van der Waals surface area contributed by atoms with E-state index in [2.05, 4.69) is 5.32 Å². The number of hydrogen-bond donors (Lipinski definition) is 1. The molecule has 1 aromatic rings. The Balaban J connectivity index is 1.28. The Labute approximate surface area is 184 Å². The van der Waals surface area contributed by atoms with Gasteiger partial charge in [0.2, 0.25) is 21.8 Å². The SMILES string of the molecule is CCOc1ccc(S(=O)(=O)N2CCC(CN3CC(C(=O)NC4CC4)CC3=O)CC2)cc1. The summed E-state index contributed by atoms with van der Waals surface area (Å²) in [5.41, 5.74) is 0. The van der Waals surface area contributed by atoms with Crippen molar-refractivity contribution >= 4 is 21.8 Å². The Morgan fingerprint density at radius 2 is 1.81 bits per heavy atom. The van der Waals surface area contributed by atoms with Crippen LogP contribution in [0.4, 0.5) is 0 Å². The maximum absolute atomic E-state index is 12.9. The molecule has 3 aliphatic rings. The van der Waals surface area contributed by atoms with Gasteiger partial charge in [-0.05, 0) is 62.8 Å². The standard InChI is InChI=1S/C22H31N3O5S/c1-2-30-19-5-7-20(8-6-19)31(28,29)25-11-9-16(10-12-25)14-24-15-17(13-21(24)26)22(27)23-18-3-4-18/h5-8,16-18H,2-4,9-15H2,1H3,(H,23,27). The summed E-state index contributed by atoms with van der Waals surface area (Å²) < 4.78 is 32.8. The van der Waals surface area contributed by atoms with Gasteiger partial charge in [-0.3, -0.25) is 9.59 Å². The zero-order chi connectivity index (χ0) is 22.0. The van der Waals surface area contributed by atoms with Crippen LogP contribution in [0.25, 0.3) is 0 Å². The van der Waals surface area contributed by atoms with Gasteiger partial charge in [-0.2, -0.15) is 4.31 Å². The molecule has 2 heterocycles. The van der Waals surface area contributed by atoms with E-state index < -0.39 is 10.0 Å². The maximum atomic E-state index is 12.9. The van der Waals surface area contributed by atoms with Crippen molar-refractivity contribution in [3.8, 4) is 5.75 Å². The van der Waals surface area contributed by atoms with Crippen LogP contribution in [0.5, 0.6) is 5.75 Å². The number of hydrogen-bond acceptors (Lipinski definition) is 5. The van der Waals surface area contributed by atoms with Gasteiger partial charge in [0, 0.05) is 38.6 Å². The van der Waals surface area contributed by atoms with Crippen LogP contribution in [0.2, 0.25) is 0 Å². The summed E-state index contributed by atoms with van der Waals surface area (Å²) in [6.45, 7) is 4.37. The third-order valence-corrected chi connectivity index (χ3v) is 8.25. The molecule has 0 radical (unpaired) electrons. The van der Waals surface area contributed by atoms with Crippen molar-refractivity contribution in [3.63, 3.8) is 0 Å². The van der Waals surface area contributed by atoms with E-state index in [1.54, 1.807) is 29.2 Å². The zero-order valence-electron chi connectivity index (χ0n) is 18.0. The van der Waals surface area contributed by atoms with E-state index in [4.69, 9.17) is 4.74 Å². The Kier molecular flexibility index (Phi) is 6.52. The first-order valence-corrected chi connectivity index (χ1v) is 12.6. The largest absolute Gasteiger partial charge is 0.494 e. The highest BCUT2D eigenvalue weighted by Gasteiger charge is 2.38. The lowest BCUT2D eigenvalue weighted by molar-refractivity contribution is -0.129. The number of nitrogens with zero attached hydrogens (tertiary/aromatic N) is 2. The van der Waals surface area contributed by atoms with Crippen LogP contribution in [0.1, 0.15) is 39.0 Å². The molecule has 1 saturated carbocycles. The van der Waals surface area contributed by atoms with E-state index in [0.717, 1.165) is 12.8 Å². The van der Waals surface area contributed by atoms with Crippen LogP contribution in [-0.4, -0.2) is 68.3 Å². The molecule has 1 aliphatic carbocycles. The van der Waals surface area contributed by atoms with Crippen molar-refractivity contribution in [2.75, 3.05) is 32.8 Å². The summed E-state index contributed by atoms with van der Waals surface area (Å²) in [6.07, 6.45) is 3.77. The molecule has 170 valence electrons. The van der Waals surface area contributed by atoms with Gasteiger partial charge in [0.25, 0.3) is 0 Å². The molecule has 1 atom stereocenters. The molecule has 0 spiro atoms. The highest BCUT2D eigenvalue weighted by Crippen LogP contribution is 2.28. The molecule has 1 N–H and O–H groups in total. The number of carbonyl (C=O) groups excluding carboxylic acids is 2. The Morgan fingerprint density at radius 1 is 1.13 bits per heavy atom. The van der Waals surface area contributed by atoms with Crippen molar-refractivity contribution in [1.29, 1.82) is 0 Å². The second kappa shape index (κ2) is 9.16. The predicted octanol–water partition coefficient (Wildman–Crippen LogP) is 1.61. The molecular formula is C22H31N3O5S. The van der Waals surface area contributed by atoms with Crippen molar-refractivity contribution in [1.82, 2.24) is 14.5 Å². The Morgan fingerprint density at radius 3 is 2.42 bits per heavy atom. The molecule has 0 bridgehead atoms. The number of piperidine rings is 1. The fraction of sp³-hybridized carbons (Fsp3) is 0.636. The van der Waals surface area contributed by atoms with Crippen molar-refractivity contribution in [2.45, 2.75) is 50.0 Å². The number of rotatable bonds is 8. The summed E-state index contributed by atoms with van der Waals surface area (Å²) in [6, 6.07) is 6.83. The number of likely N-dealkylation sites (tertiary alicyclic amines) is 1. The van der Waals surface area contributed by atoms with Crippen LogP contribution in [0.3, 0.4) is 0 Å². The third kappa shape index (κ3) is 5.20. The molecule has 8 nitrogen and oxygen atoms in total. The van der Waals surface area contributed by atoms with Gasteiger partial charge in [0.05, 0.1) is 17.4 Å². The number of carbonyl (C=O) groups is 2. The smallest absolute Gasteiger partial charge is 0.243 e. The van der Waals surface area contributed by atoms with E-state index in [9.17, 15) is 18.0 Å². The Bertz CT molecular complexity index is 906. The number of sulfonamides is 1. The molecule has 1 aromatic carbocycles. The van der Waals surface area contributed by atoms with E-state index in [0.29, 0.717) is 57.4 Å². The first kappa shape index (κ1) is 22.1. The predicted molar refractivity (Wildman–Crippen MR) is 115 cm³/mol. The molecule has 0 aromatic heterocycles.